The van der Waals surface area contributed by atoms with Gasteiger partial charge in [-0.1, -0.05) is 30.4 Å². The molecule has 0 N–H and O–H groups in total. The topological polar surface area (TPSA) is 69.7 Å². The molecule has 0 saturated carbocycles. The Morgan fingerprint density at radius 2 is 1.45 bits per heavy atom. The first-order chi connectivity index (χ1) is 9.58. The lowest BCUT2D eigenvalue weighted by molar-refractivity contribution is -0.168. The van der Waals surface area contributed by atoms with E-state index in [1.807, 2.05) is 13.0 Å². The fraction of sp³-hybridized carbons (Fsp3) is 0.400. The number of ether oxygens (including phenoxy) is 2. The van der Waals surface area contributed by atoms with Gasteiger partial charge in [-0.05, 0) is 25.8 Å². The van der Waals surface area contributed by atoms with Gasteiger partial charge < -0.3 is 9.47 Å². The van der Waals surface area contributed by atoms with Gasteiger partial charge in [0.1, 0.15) is 6.29 Å². The SMILES string of the molecule is C/C=C/C=C/CC(C/C=C/C=O)(C(=O)OC)C(=O)OC. The Morgan fingerprint density at radius 1 is 0.950 bits per heavy atom. The summed E-state index contributed by atoms with van der Waals surface area (Å²) in [4.78, 5) is 34.3. The second kappa shape index (κ2) is 9.72. The van der Waals surface area contributed by atoms with Crippen molar-refractivity contribution in [1.29, 1.82) is 0 Å². The summed E-state index contributed by atoms with van der Waals surface area (Å²) in [6, 6.07) is 0. The van der Waals surface area contributed by atoms with Gasteiger partial charge in [-0.2, -0.15) is 0 Å². The highest BCUT2D eigenvalue weighted by Gasteiger charge is 2.46. The third-order valence-electron chi connectivity index (χ3n) is 2.74. The number of allylic oxidation sites excluding steroid dienone is 6. The molecule has 20 heavy (non-hydrogen) atoms. The summed E-state index contributed by atoms with van der Waals surface area (Å²) in [6.45, 7) is 1.85. The number of carbonyl (C=O) groups is 3. The lowest BCUT2D eigenvalue weighted by atomic mass is 9.80. The Bertz CT molecular complexity index is 402. The molecule has 0 fully saturated rings. The molecule has 0 amide bonds. The predicted molar refractivity (Wildman–Crippen MR) is 74.9 cm³/mol. The van der Waals surface area contributed by atoms with Crippen molar-refractivity contribution in [3.8, 4) is 0 Å². The standard InChI is InChI=1S/C15H20O5/c1-4-5-6-7-10-15(13(17)19-2,14(18)20-3)11-8-9-12-16/h4-9,12H,10-11H2,1-3H3/b5-4+,7-6+,9-8+. The van der Waals surface area contributed by atoms with Crippen molar-refractivity contribution >= 4 is 18.2 Å². The highest BCUT2D eigenvalue weighted by molar-refractivity contribution is 6.00. The minimum atomic E-state index is -1.47. The molecule has 5 nitrogen and oxygen atoms in total. The van der Waals surface area contributed by atoms with Gasteiger partial charge in [-0.15, -0.1) is 0 Å². The molecule has 110 valence electrons. The normalized spacial score (nSPS) is 12.2. The summed E-state index contributed by atoms with van der Waals surface area (Å²) in [5.41, 5.74) is -1.47. The highest BCUT2D eigenvalue weighted by atomic mass is 16.5. The molecule has 0 aromatic heterocycles. The summed E-state index contributed by atoms with van der Waals surface area (Å²) in [7, 11) is 2.41. The second-order valence-electron chi connectivity index (χ2n) is 3.99. The van der Waals surface area contributed by atoms with E-state index < -0.39 is 17.4 Å². The maximum Gasteiger partial charge on any atom is 0.323 e. The first-order valence-electron chi connectivity index (χ1n) is 6.14. The Balaban J connectivity index is 5.40. The zero-order valence-corrected chi connectivity index (χ0v) is 12.0. The van der Waals surface area contributed by atoms with E-state index in [1.54, 1.807) is 18.2 Å². The van der Waals surface area contributed by atoms with Gasteiger partial charge in [0.2, 0.25) is 0 Å². The average Bonchev–Trinajstić information content (AvgIpc) is 2.48. The van der Waals surface area contributed by atoms with Crippen molar-refractivity contribution in [3.63, 3.8) is 0 Å². The van der Waals surface area contributed by atoms with E-state index in [2.05, 4.69) is 0 Å². The molecule has 0 heterocycles. The maximum atomic E-state index is 12.0. The first kappa shape index (κ1) is 17.8. The summed E-state index contributed by atoms with van der Waals surface area (Å²) in [5.74, 6) is -1.38. The van der Waals surface area contributed by atoms with Crippen molar-refractivity contribution in [1.82, 2.24) is 0 Å². The lowest BCUT2D eigenvalue weighted by Crippen LogP contribution is -2.40. The highest BCUT2D eigenvalue weighted by Crippen LogP contribution is 2.31. The number of esters is 2. The van der Waals surface area contributed by atoms with E-state index in [9.17, 15) is 14.4 Å². The van der Waals surface area contributed by atoms with Gasteiger partial charge in [-0.25, -0.2) is 0 Å². The van der Waals surface area contributed by atoms with Crippen LogP contribution < -0.4 is 0 Å². The van der Waals surface area contributed by atoms with Gasteiger partial charge in [-0.3, -0.25) is 14.4 Å². The predicted octanol–water partition coefficient (Wildman–Crippen LogP) is 1.99. The lowest BCUT2D eigenvalue weighted by Gasteiger charge is -2.25. The third kappa shape index (κ3) is 4.84. The molecule has 0 rings (SSSR count). The summed E-state index contributed by atoms with van der Waals surface area (Å²) in [5, 5.41) is 0. The summed E-state index contributed by atoms with van der Waals surface area (Å²) < 4.78 is 9.43. The Labute approximate surface area is 118 Å². The zero-order chi connectivity index (χ0) is 15.4. The van der Waals surface area contributed by atoms with Crippen molar-refractivity contribution in [3.05, 3.63) is 36.5 Å². The zero-order valence-electron chi connectivity index (χ0n) is 12.0. The van der Waals surface area contributed by atoms with Crippen molar-refractivity contribution in [2.75, 3.05) is 14.2 Å². The molecule has 0 atom stereocenters. The Morgan fingerprint density at radius 3 is 1.85 bits per heavy atom. The van der Waals surface area contributed by atoms with Crippen molar-refractivity contribution < 1.29 is 23.9 Å². The number of rotatable bonds is 8. The summed E-state index contributed by atoms with van der Waals surface area (Å²) >= 11 is 0. The quantitative estimate of drug-likeness (QED) is 0.223. The number of methoxy groups -OCH3 is 2. The van der Waals surface area contributed by atoms with E-state index in [4.69, 9.17) is 9.47 Å². The van der Waals surface area contributed by atoms with E-state index >= 15 is 0 Å². The van der Waals surface area contributed by atoms with Gasteiger partial charge >= 0.3 is 11.9 Å². The average molecular weight is 280 g/mol. The molecule has 0 saturated heterocycles. The smallest absolute Gasteiger partial charge is 0.323 e. The van der Waals surface area contributed by atoms with Crippen LogP contribution in [0.2, 0.25) is 0 Å². The molecule has 0 bridgehead atoms. The number of hydrogen-bond donors (Lipinski definition) is 0. The van der Waals surface area contributed by atoms with Crippen LogP contribution in [0.1, 0.15) is 19.8 Å². The Kier molecular flexibility index (Phi) is 8.67. The van der Waals surface area contributed by atoms with Crippen LogP contribution in [0.15, 0.2) is 36.5 Å². The monoisotopic (exact) mass is 280 g/mol. The van der Waals surface area contributed by atoms with Crippen molar-refractivity contribution in [2.24, 2.45) is 5.41 Å². The molecule has 0 aromatic carbocycles. The number of carbonyl (C=O) groups excluding carboxylic acids is 3. The van der Waals surface area contributed by atoms with Crippen LogP contribution in [0.5, 0.6) is 0 Å². The van der Waals surface area contributed by atoms with Crippen LogP contribution in [0.3, 0.4) is 0 Å². The van der Waals surface area contributed by atoms with Crippen LogP contribution >= 0.6 is 0 Å². The molecule has 0 unspecified atom stereocenters. The minimum absolute atomic E-state index is 0.0330. The van der Waals surface area contributed by atoms with Crippen LogP contribution in [-0.4, -0.2) is 32.4 Å². The molecule has 5 heteroatoms. The fourth-order valence-corrected chi connectivity index (χ4v) is 1.67. The van der Waals surface area contributed by atoms with Crippen LogP contribution in [0.4, 0.5) is 0 Å². The first-order valence-corrected chi connectivity index (χ1v) is 6.14. The van der Waals surface area contributed by atoms with E-state index in [1.165, 1.54) is 26.4 Å². The molecular weight excluding hydrogens is 260 g/mol. The molecule has 0 radical (unpaired) electrons. The van der Waals surface area contributed by atoms with Crippen LogP contribution in [0, 0.1) is 5.41 Å². The van der Waals surface area contributed by atoms with Gasteiger partial charge in [0.05, 0.1) is 14.2 Å². The second-order valence-corrected chi connectivity index (χ2v) is 3.99. The molecule has 0 aliphatic carbocycles. The van der Waals surface area contributed by atoms with Crippen molar-refractivity contribution in [2.45, 2.75) is 19.8 Å². The largest absolute Gasteiger partial charge is 0.468 e. The van der Waals surface area contributed by atoms with E-state index in [0.717, 1.165) is 0 Å². The molecule has 0 aromatic rings. The molecular formula is C15H20O5. The Hall–Kier alpha value is -2.17. The molecule has 0 spiro atoms. The fourth-order valence-electron chi connectivity index (χ4n) is 1.67. The van der Waals surface area contributed by atoms with E-state index in [-0.39, 0.29) is 12.8 Å². The maximum absolute atomic E-state index is 12.0. The number of aldehydes is 1. The molecule has 0 aliphatic heterocycles. The van der Waals surface area contributed by atoms with Crippen LogP contribution in [-0.2, 0) is 23.9 Å². The van der Waals surface area contributed by atoms with Gasteiger partial charge in [0.25, 0.3) is 0 Å². The van der Waals surface area contributed by atoms with E-state index in [0.29, 0.717) is 6.29 Å². The van der Waals surface area contributed by atoms with Gasteiger partial charge in [0.15, 0.2) is 5.41 Å². The number of hydrogen-bond acceptors (Lipinski definition) is 5. The van der Waals surface area contributed by atoms with Gasteiger partial charge in [0, 0.05) is 0 Å². The summed E-state index contributed by atoms with van der Waals surface area (Å²) in [6.07, 6.45) is 10.4. The van der Waals surface area contributed by atoms with Crippen LogP contribution in [0.25, 0.3) is 0 Å². The molecule has 0 aliphatic rings. The minimum Gasteiger partial charge on any atom is -0.468 e. The third-order valence-corrected chi connectivity index (χ3v) is 2.74.